The second kappa shape index (κ2) is 5.33. The van der Waals surface area contributed by atoms with Crippen LogP contribution in [0.15, 0.2) is 30.3 Å². The summed E-state index contributed by atoms with van der Waals surface area (Å²) in [6, 6.07) is 8.84. The standard InChI is InChI=1S/C16H18N2O3/c1-10-6-7-18(9-14(10)19)15-8-12(16(20)21)11-4-2-3-5-13(11)17-15/h2-5,8,10,14,19H,6-7,9H2,1H3,(H,20,21). The van der Waals surface area contributed by atoms with E-state index in [4.69, 9.17) is 0 Å². The Morgan fingerprint density at radius 2 is 2.14 bits per heavy atom. The molecule has 5 nitrogen and oxygen atoms in total. The Morgan fingerprint density at radius 3 is 2.86 bits per heavy atom. The molecule has 2 aromatic rings. The van der Waals surface area contributed by atoms with Gasteiger partial charge in [-0.2, -0.15) is 0 Å². The molecule has 2 heterocycles. The summed E-state index contributed by atoms with van der Waals surface area (Å²) >= 11 is 0. The van der Waals surface area contributed by atoms with Crippen LogP contribution in [0.2, 0.25) is 0 Å². The number of anilines is 1. The molecule has 2 N–H and O–H groups in total. The van der Waals surface area contributed by atoms with Crippen molar-refractivity contribution >= 4 is 22.7 Å². The van der Waals surface area contributed by atoms with Crippen LogP contribution >= 0.6 is 0 Å². The van der Waals surface area contributed by atoms with Gasteiger partial charge in [-0.25, -0.2) is 9.78 Å². The van der Waals surface area contributed by atoms with Gasteiger partial charge in [-0.3, -0.25) is 0 Å². The van der Waals surface area contributed by atoms with E-state index in [1.807, 2.05) is 30.0 Å². The number of fused-ring (bicyclic) bond motifs is 1. The number of aromatic carboxylic acids is 1. The van der Waals surface area contributed by atoms with E-state index in [1.165, 1.54) is 0 Å². The van der Waals surface area contributed by atoms with Crippen molar-refractivity contribution in [3.63, 3.8) is 0 Å². The minimum absolute atomic E-state index is 0.253. The quantitative estimate of drug-likeness (QED) is 0.885. The van der Waals surface area contributed by atoms with E-state index in [1.54, 1.807) is 12.1 Å². The first-order valence-corrected chi connectivity index (χ1v) is 7.12. The molecule has 5 heteroatoms. The molecular weight excluding hydrogens is 268 g/mol. The lowest BCUT2D eigenvalue weighted by Crippen LogP contribution is -2.43. The van der Waals surface area contributed by atoms with Gasteiger partial charge in [0.2, 0.25) is 0 Å². The number of carbonyl (C=O) groups is 1. The smallest absolute Gasteiger partial charge is 0.336 e. The molecule has 3 rings (SSSR count). The van der Waals surface area contributed by atoms with Crippen LogP contribution in [0.25, 0.3) is 10.9 Å². The summed E-state index contributed by atoms with van der Waals surface area (Å²) in [6.07, 6.45) is 0.471. The molecule has 0 amide bonds. The molecule has 1 saturated heterocycles. The lowest BCUT2D eigenvalue weighted by atomic mass is 9.96. The highest BCUT2D eigenvalue weighted by Gasteiger charge is 2.26. The first kappa shape index (κ1) is 13.8. The number of aliphatic hydroxyl groups excluding tert-OH is 1. The Balaban J connectivity index is 2.05. The summed E-state index contributed by atoms with van der Waals surface area (Å²) in [5.41, 5.74) is 0.921. The highest BCUT2D eigenvalue weighted by molar-refractivity contribution is 6.03. The third-order valence-corrected chi connectivity index (χ3v) is 4.18. The fourth-order valence-corrected chi connectivity index (χ4v) is 2.76. The topological polar surface area (TPSA) is 73.7 Å². The monoisotopic (exact) mass is 286 g/mol. The number of pyridine rings is 1. The van der Waals surface area contributed by atoms with Crippen molar-refractivity contribution in [2.24, 2.45) is 5.92 Å². The van der Waals surface area contributed by atoms with Crippen LogP contribution in [0.5, 0.6) is 0 Å². The zero-order chi connectivity index (χ0) is 15.0. The Kier molecular flexibility index (Phi) is 3.51. The summed E-state index contributed by atoms with van der Waals surface area (Å²) in [4.78, 5) is 18.0. The van der Waals surface area contributed by atoms with Gasteiger partial charge in [0.25, 0.3) is 0 Å². The Morgan fingerprint density at radius 1 is 1.38 bits per heavy atom. The predicted octanol–water partition coefficient (Wildman–Crippen LogP) is 2.14. The SMILES string of the molecule is CC1CCN(c2cc(C(=O)O)c3ccccc3n2)CC1O. The van der Waals surface area contributed by atoms with Gasteiger partial charge in [-0.1, -0.05) is 25.1 Å². The second-order valence-electron chi connectivity index (χ2n) is 5.63. The summed E-state index contributed by atoms with van der Waals surface area (Å²) < 4.78 is 0. The van der Waals surface area contributed by atoms with E-state index in [0.717, 1.165) is 13.0 Å². The molecule has 0 saturated carbocycles. The molecule has 0 bridgehead atoms. The van der Waals surface area contributed by atoms with E-state index in [-0.39, 0.29) is 11.5 Å². The largest absolute Gasteiger partial charge is 0.478 e. The minimum Gasteiger partial charge on any atom is -0.478 e. The van der Waals surface area contributed by atoms with Gasteiger partial charge in [0, 0.05) is 18.5 Å². The van der Waals surface area contributed by atoms with Crippen LogP contribution in [-0.4, -0.2) is 40.4 Å². The number of carboxylic acids is 1. The van der Waals surface area contributed by atoms with Crippen LogP contribution in [0.4, 0.5) is 5.82 Å². The lowest BCUT2D eigenvalue weighted by Gasteiger charge is -2.35. The average molecular weight is 286 g/mol. The summed E-state index contributed by atoms with van der Waals surface area (Å²) in [5.74, 6) is -0.0709. The number of benzene rings is 1. The predicted molar refractivity (Wildman–Crippen MR) is 80.7 cm³/mol. The normalized spacial score (nSPS) is 22.5. The number of β-amino-alcohol motifs (C(OH)–C–C–N with tert-alkyl or cyclic N) is 1. The van der Waals surface area contributed by atoms with Crippen molar-refractivity contribution in [2.45, 2.75) is 19.4 Å². The molecule has 0 aliphatic carbocycles. The summed E-state index contributed by atoms with van der Waals surface area (Å²) in [7, 11) is 0. The van der Waals surface area contributed by atoms with Crippen LogP contribution in [0.1, 0.15) is 23.7 Å². The number of aromatic nitrogens is 1. The molecule has 1 aromatic carbocycles. The third-order valence-electron chi connectivity index (χ3n) is 4.18. The Bertz CT molecular complexity index is 686. The highest BCUT2D eigenvalue weighted by Crippen LogP contribution is 2.26. The van der Waals surface area contributed by atoms with E-state index in [9.17, 15) is 15.0 Å². The number of hydrogen-bond acceptors (Lipinski definition) is 4. The molecule has 0 spiro atoms. The van der Waals surface area contributed by atoms with Gasteiger partial charge >= 0.3 is 5.97 Å². The molecule has 21 heavy (non-hydrogen) atoms. The number of carboxylic acid groups (broad SMARTS) is 1. The van der Waals surface area contributed by atoms with Crippen molar-refractivity contribution in [1.29, 1.82) is 0 Å². The fraction of sp³-hybridized carbons (Fsp3) is 0.375. The number of para-hydroxylation sites is 1. The first-order valence-electron chi connectivity index (χ1n) is 7.12. The van der Waals surface area contributed by atoms with E-state index in [2.05, 4.69) is 4.98 Å². The van der Waals surface area contributed by atoms with Crippen LogP contribution in [-0.2, 0) is 0 Å². The first-order chi connectivity index (χ1) is 10.1. The highest BCUT2D eigenvalue weighted by atomic mass is 16.4. The molecule has 2 unspecified atom stereocenters. The van der Waals surface area contributed by atoms with Gasteiger partial charge in [0.15, 0.2) is 0 Å². The molecule has 1 aliphatic rings. The van der Waals surface area contributed by atoms with Gasteiger partial charge in [-0.15, -0.1) is 0 Å². The number of nitrogens with zero attached hydrogens (tertiary/aromatic N) is 2. The molecule has 1 fully saturated rings. The van der Waals surface area contributed by atoms with Crippen LogP contribution < -0.4 is 4.90 Å². The second-order valence-corrected chi connectivity index (χ2v) is 5.63. The van der Waals surface area contributed by atoms with E-state index < -0.39 is 12.1 Å². The van der Waals surface area contributed by atoms with Crippen molar-refractivity contribution in [3.8, 4) is 0 Å². The number of rotatable bonds is 2. The van der Waals surface area contributed by atoms with E-state index >= 15 is 0 Å². The zero-order valence-corrected chi connectivity index (χ0v) is 11.9. The number of aliphatic hydroxyl groups is 1. The minimum atomic E-state index is -0.958. The van der Waals surface area contributed by atoms with Crippen LogP contribution in [0.3, 0.4) is 0 Å². The average Bonchev–Trinajstić information content (AvgIpc) is 2.48. The van der Waals surface area contributed by atoms with E-state index in [0.29, 0.717) is 23.3 Å². The maximum atomic E-state index is 11.5. The summed E-state index contributed by atoms with van der Waals surface area (Å²) in [6.45, 7) is 3.30. The van der Waals surface area contributed by atoms with Crippen molar-refractivity contribution in [3.05, 3.63) is 35.9 Å². The lowest BCUT2D eigenvalue weighted by molar-refractivity contribution is 0.0699. The molecule has 2 atom stereocenters. The fourth-order valence-electron chi connectivity index (χ4n) is 2.76. The molecule has 0 radical (unpaired) electrons. The van der Waals surface area contributed by atoms with Gasteiger partial charge in [0.1, 0.15) is 5.82 Å². The molecule has 110 valence electrons. The van der Waals surface area contributed by atoms with Gasteiger partial charge in [-0.05, 0) is 24.5 Å². The molecule has 1 aliphatic heterocycles. The Hall–Kier alpha value is -2.14. The van der Waals surface area contributed by atoms with Crippen molar-refractivity contribution in [1.82, 2.24) is 4.98 Å². The zero-order valence-electron chi connectivity index (χ0n) is 11.9. The van der Waals surface area contributed by atoms with Crippen molar-refractivity contribution in [2.75, 3.05) is 18.0 Å². The van der Waals surface area contributed by atoms with Gasteiger partial charge < -0.3 is 15.1 Å². The maximum Gasteiger partial charge on any atom is 0.336 e. The number of hydrogen-bond donors (Lipinski definition) is 2. The van der Waals surface area contributed by atoms with Gasteiger partial charge in [0.05, 0.1) is 17.2 Å². The molecule has 1 aromatic heterocycles. The Labute approximate surface area is 122 Å². The van der Waals surface area contributed by atoms with Crippen LogP contribution in [0, 0.1) is 5.92 Å². The summed E-state index contributed by atoms with van der Waals surface area (Å²) in [5, 5.41) is 20.1. The number of piperidine rings is 1. The molecular formula is C16H18N2O3. The maximum absolute atomic E-state index is 11.5. The van der Waals surface area contributed by atoms with Crippen molar-refractivity contribution < 1.29 is 15.0 Å². The third kappa shape index (κ3) is 2.56.